The lowest BCUT2D eigenvalue weighted by Gasteiger charge is -2.10. The number of hydrogen-bond acceptors (Lipinski definition) is 5. The summed E-state index contributed by atoms with van der Waals surface area (Å²) in [6.07, 6.45) is 0.844. The van der Waals surface area contributed by atoms with Crippen LogP contribution >= 0.6 is 0 Å². The first-order chi connectivity index (χ1) is 12.5. The first-order valence-corrected chi connectivity index (χ1v) is 8.35. The number of carbonyl (C=O) groups excluding carboxylic acids is 2. The lowest BCUT2D eigenvalue weighted by atomic mass is 10.2. The fourth-order valence-electron chi connectivity index (χ4n) is 2.24. The molecule has 0 aliphatic rings. The number of amides is 2. The molecule has 1 aromatic heterocycles. The molecule has 7 heteroatoms. The normalized spacial score (nSPS) is 10.5. The molecule has 0 atom stereocenters. The molecule has 2 N–H and O–H groups in total. The number of nitrogens with zero attached hydrogens (tertiary/aromatic N) is 2. The average Bonchev–Trinajstić information content (AvgIpc) is 2.65. The molecule has 2 rings (SSSR count). The Balaban J connectivity index is 1.96. The number of ether oxygens (including phenoxy) is 1. The Kier molecular flexibility index (Phi) is 7.11. The molecule has 0 aliphatic carbocycles. The number of methoxy groups -OCH3 is 1. The molecule has 0 unspecified atom stereocenters. The fourth-order valence-corrected chi connectivity index (χ4v) is 2.24. The molecule has 1 aromatic carbocycles. The molecule has 138 valence electrons. The number of aromatic nitrogens is 1. The van der Waals surface area contributed by atoms with E-state index in [1.165, 1.54) is 0 Å². The van der Waals surface area contributed by atoms with Crippen LogP contribution in [0.15, 0.2) is 42.5 Å². The van der Waals surface area contributed by atoms with Crippen LogP contribution in [0.4, 0.5) is 5.69 Å². The molecule has 0 spiro atoms. The Morgan fingerprint density at radius 2 is 1.69 bits per heavy atom. The predicted molar refractivity (Wildman–Crippen MR) is 101 cm³/mol. The standard InChI is InChI=1S/C19H24N4O3/c1-23(2)13-5-12-20-18(24)16-6-4-7-17(22-16)19(25)21-14-8-10-15(26-3)11-9-14/h4,6-11H,5,12-13H2,1-3H3,(H,20,24)(H,21,25). The summed E-state index contributed by atoms with van der Waals surface area (Å²) in [5.41, 5.74) is 1.02. The Morgan fingerprint density at radius 3 is 2.31 bits per heavy atom. The quantitative estimate of drug-likeness (QED) is 0.707. The van der Waals surface area contributed by atoms with Crippen LogP contribution < -0.4 is 15.4 Å². The Hall–Kier alpha value is -2.93. The molecule has 7 nitrogen and oxygen atoms in total. The maximum absolute atomic E-state index is 12.3. The Bertz CT molecular complexity index is 745. The second-order valence-corrected chi connectivity index (χ2v) is 6.00. The summed E-state index contributed by atoms with van der Waals surface area (Å²) in [6, 6.07) is 11.8. The van der Waals surface area contributed by atoms with Crippen molar-refractivity contribution in [2.75, 3.05) is 39.6 Å². The highest BCUT2D eigenvalue weighted by molar-refractivity contribution is 6.03. The van der Waals surface area contributed by atoms with E-state index < -0.39 is 0 Å². The van der Waals surface area contributed by atoms with Gasteiger partial charge in [0.1, 0.15) is 17.1 Å². The molecular weight excluding hydrogens is 332 g/mol. The van der Waals surface area contributed by atoms with Gasteiger partial charge in [-0.2, -0.15) is 0 Å². The fraction of sp³-hybridized carbons (Fsp3) is 0.316. The third-order valence-corrected chi connectivity index (χ3v) is 3.63. The topological polar surface area (TPSA) is 83.6 Å². The predicted octanol–water partition coefficient (Wildman–Crippen LogP) is 2.02. The van der Waals surface area contributed by atoms with Crippen molar-refractivity contribution in [1.29, 1.82) is 0 Å². The zero-order chi connectivity index (χ0) is 18.9. The molecule has 0 fully saturated rings. The number of anilines is 1. The van der Waals surface area contributed by atoms with Crippen LogP contribution in [0.1, 0.15) is 27.4 Å². The van der Waals surface area contributed by atoms with Crippen LogP contribution in [0, 0.1) is 0 Å². The number of carbonyl (C=O) groups is 2. The van der Waals surface area contributed by atoms with E-state index in [1.54, 1.807) is 49.6 Å². The van der Waals surface area contributed by atoms with Gasteiger partial charge in [-0.05, 0) is 63.5 Å². The molecule has 0 radical (unpaired) electrons. The highest BCUT2D eigenvalue weighted by Gasteiger charge is 2.12. The van der Waals surface area contributed by atoms with E-state index in [0.29, 0.717) is 18.0 Å². The van der Waals surface area contributed by atoms with E-state index in [2.05, 4.69) is 20.5 Å². The van der Waals surface area contributed by atoms with Crippen molar-refractivity contribution in [1.82, 2.24) is 15.2 Å². The minimum absolute atomic E-state index is 0.182. The number of nitrogens with one attached hydrogen (secondary N) is 2. The summed E-state index contributed by atoms with van der Waals surface area (Å²) in [5.74, 6) is 0.0364. The first kappa shape index (κ1) is 19.4. The largest absolute Gasteiger partial charge is 0.497 e. The van der Waals surface area contributed by atoms with Crippen molar-refractivity contribution in [3.8, 4) is 5.75 Å². The molecule has 0 saturated heterocycles. The van der Waals surface area contributed by atoms with Crippen molar-refractivity contribution in [3.05, 3.63) is 53.9 Å². The summed E-state index contributed by atoms with van der Waals surface area (Å²) in [7, 11) is 5.54. The van der Waals surface area contributed by atoms with Gasteiger partial charge in [0.05, 0.1) is 7.11 Å². The summed E-state index contributed by atoms with van der Waals surface area (Å²) in [4.78, 5) is 30.7. The highest BCUT2D eigenvalue weighted by atomic mass is 16.5. The second kappa shape index (κ2) is 9.53. The molecule has 1 heterocycles. The lowest BCUT2D eigenvalue weighted by Crippen LogP contribution is -2.28. The van der Waals surface area contributed by atoms with E-state index in [1.807, 2.05) is 14.1 Å². The molecule has 0 bridgehead atoms. The third kappa shape index (κ3) is 5.86. The van der Waals surface area contributed by atoms with Gasteiger partial charge in [-0.25, -0.2) is 4.98 Å². The number of rotatable bonds is 8. The summed E-state index contributed by atoms with van der Waals surface area (Å²) < 4.78 is 5.08. The second-order valence-electron chi connectivity index (χ2n) is 6.00. The van der Waals surface area contributed by atoms with Crippen LogP contribution in [0.25, 0.3) is 0 Å². The number of benzene rings is 1. The van der Waals surface area contributed by atoms with Crippen LogP contribution in [0.2, 0.25) is 0 Å². The van der Waals surface area contributed by atoms with Crippen LogP contribution in [0.5, 0.6) is 5.75 Å². The summed E-state index contributed by atoms with van der Waals surface area (Å²) in [6.45, 7) is 1.44. The zero-order valence-electron chi connectivity index (χ0n) is 15.3. The summed E-state index contributed by atoms with van der Waals surface area (Å²) in [5, 5.41) is 5.56. The van der Waals surface area contributed by atoms with Crippen molar-refractivity contribution in [2.45, 2.75) is 6.42 Å². The smallest absolute Gasteiger partial charge is 0.274 e. The highest BCUT2D eigenvalue weighted by Crippen LogP contribution is 2.15. The van der Waals surface area contributed by atoms with Gasteiger partial charge in [-0.3, -0.25) is 9.59 Å². The third-order valence-electron chi connectivity index (χ3n) is 3.63. The van der Waals surface area contributed by atoms with E-state index in [-0.39, 0.29) is 23.2 Å². The van der Waals surface area contributed by atoms with Crippen LogP contribution in [-0.4, -0.2) is 56.0 Å². The van der Waals surface area contributed by atoms with Crippen molar-refractivity contribution in [3.63, 3.8) is 0 Å². The molecule has 0 aliphatic heterocycles. The van der Waals surface area contributed by atoms with Gasteiger partial charge < -0.3 is 20.3 Å². The zero-order valence-corrected chi connectivity index (χ0v) is 15.3. The van der Waals surface area contributed by atoms with Gasteiger partial charge in [0.25, 0.3) is 11.8 Å². The van der Waals surface area contributed by atoms with Crippen molar-refractivity contribution in [2.24, 2.45) is 0 Å². The molecule has 0 saturated carbocycles. The van der Waals surface area contributed by atoms with E-state index in [9.17, 15) is 9.59 Å². The van der Waals surface area contributed by atoms with Crippen LogP contribution in [-0.2, 0) is 0 Å². The van der Waals surface area contributed by atoms with Gasteiger partial charge in [-0.15, -0.1) is 0 Å². The maximum atomic E-state index is 12.3. The van der Waals surface area contributed by atoms with Gasteiger partial charge in [0.2, 0.25) is 0 Å². The number of pyridine rings is 1. The monoisotopic (exact) mass is 356 g/mol. The van der Waals surface area contributed by atoms with E-state index in [0.717, 1.165) is 13.0 Å². The minimum atomic E-state index is -0.377. The maximum Gasteiger partial charge on any atom is 0.274 e. The van der Waals surface area contributed by atoms with Crippen molar-refractivity contribution >= 4 is 17.5 Å². The van der Waals surface area contributed by atoms with Gasteiger partial charge in [0, 0.05) is 12.2 Å². The van der Waals surface area contributed by atoms with Gasteiger partial charge >= 0.3 is 0 Å². The van der Waals surface area contributed by atoms with Crippen LogP contribution in [0.3, 0.4) is 0 Å². The molecule has 26 heavy (non-hydrogen) atoms. The molecular formula is C19H24N4O3. The van der Waals surface area contributed by atoms with Gasteiger partial charge in [-0.1, -0.05) is 6.07 Å². The summed E-state index contributed by atoms with van der Waals surface area (Å²) >= 11 is 0. The first-order valence-electron chi connectivity index (χ1n) is 8.35. The lowest BCUT2D eigenvalue weighted by molar-refractivity contribution is 0.0947. The van der Waals surface area contributed by atoms with Crippen molar-refractivity contribution < 1.29 is 14.3 Å². The average molecular weight is 356 g/mol. The Labute approximate surface area is 153 Å². The van der Waals surface area contributed by atoms with Gasteiger partial charge in [0.15, 0.2) is 0 Å². The van der Waals surface area contributed by atoms with E-state index in [4.69, 9.17) is 4.74 Å². The Morgan fingerprint density at radius 1 is 1.04 bits per heavy atom. The SMILES string of the molecule is COc1ccc(NC(=O)c2cccc(C(=O)NCCCN(C)C)n2)cc1. The molecule has 2 aromatic rings. The minimum Gasteiger partial charge on any atom is -0.497 e. The molecule has 2 amide bonds. The van der Waals surface area contributed by atoms with E-state index >= 15 is 0 Å². The number of hydrogen-bond donors (Lipinski definition) is 2.